The van der Waals surface area contributed by atoms with Gasteiger partial charge >= 0.3 is 0 Å². The van der Waals surface area contributed by atoms with E-state index in [-0.39, 0.29) is 42.9 Å². The van der Waals surface area contributed by atoms with Crippen molar-refractivity contribution >= 4 is 28.7 Å². The Morgan fingerprint density at radius 2 is 1.94 bits per heavy atom. The number of carbonyl (C=O) groups is 2. The number of thioether (sulfide) groups is 1. The first-order valence-corrected chi connectivity index (χ1v) is 12.3. The van der Waals surface area contributed by atoms with Gasteiger partial charge in [0.15, 0.2) is 11.5 Å². The third-order valence-electron chi connectivity index (χ3n) is 6.32. The number of ether oxygens (including phenoxy) is 3. The molecule has 0 saturated carbocycles. The Balaban J connectivity index is 1.59. The van der Waals surface area contributed by atoms with Crippen molar-refractivity contribution in [3.63, 3.8) is 0 Å². The van der Waals surface area contributed by atoms with E-state index in [0.29, 0.717) is 16.5 Å². The van der Waals surface area contributed by atoms with Crippen molar-refractivity contribution < 1.29 is 32.6 Å². The van der Waals surface area contributed by atoms with Crippen LogP contribution < -0.4 is 10.6 Å². The van der Waals surface area contributed by atoms with Crippen molar-refractivity contribution in [2.24, 2.45) is 10.9 Å². The standard InChI is InChI=1S/C25H27F2N3O5S/c1-33-21(34-2)12-28-23(32)20-10-16-13-36-24(29-22(31)15-6-4-3-5-7-15)30-25(16,14-35-20)18-9-8-17(26)11-19(18)27/h3-9,11,16,20-21H,10,12-14H2,1-2H3,(H,28,32)(H,29,30,31). The quantitative estimate of drug-likeness (QED) is 0.546. The first-order valence-electron chi connectivity index (χ1n) is 11.4. The number of rotatable bonds is 7. The maximum absolute atomic E-state index is 15.0. The van der Waals surface area contributed by atoms with Crippen LogP contribution in [-0.2, 0) is 24.5 Å². The molecule has 2 N–H and O–H groups in total. The normalized spacial score (nSPS) is 23.5. The van der Waals surface area contributed by atoms with Gasteiger partial charge in [0.25, 0.3) is 5.91 Å². The predicted octanol–water partition coefficient (Wildman–Crippen LogP) is 2.83. The minimum atomic E-state index is -1.24. The van der Waals surface area contributed by atoms with Crippen molar-refractivity contribution in [3.8, 4) is 0 Å². The highest BCUT2D eigenvalue weighted by Crippen LogP contribution is 2.47. The number of aliphatic imine (C=N–C) groups is 1. The number of benzene rings is 2. The zero-order valence-electron chi connectivity index (χ0n) is 19.8. The molecule has 3 atom stereocenters. The molecule has 8 nitrogen and oxygen atoms in total. The number of amides is 2. The van der Waals surface area contributed by atoms with E-state index >= 15 is 4.39 Å². The summed E-state index contributed by atoms with van der Waals surface area (Å²) in [6.45, 7) is 0.0121. The lowest BCUT2D eigenvalue weighted by molar-refractivity contribution is -0.146. The van der Waals surface area contributed by atoms with Crippen LogP contribution in [0.3, 0.4) is 0 Å². The molecule has 2 aromatic carbocycles. The lowest BCUT2D eigenvalue weighted by Crippen LogP contribution is -2.54. The summed E-state index contributed by atoms with van der Waals surface area (Å²) in [5, 5.41) is 5.83. The van der Waals surface area contributed by atoms with Crippen molar-refractivity contribution in [1.29, 1.82) is 0 Å². The van der Waals surface area contributed by atoms with Crippen molar-refractivity contribution in [2.75, 3.05) is 33.1 Å². The molecule has 2 aliphatic rings. The molecule has 3 unspecified atom stereocenters. The lowest BCUT2D eigenvalue weighted by atomic mass is 9.75. The Labute approximate surface area is 211 Å². The van der Waals surface area contributed by atoms with E-state index in [4.69, 9.17) is 19.2 Å². The van der Waals surface area contributed by atoms with E-state index in [9.17, 15) is 14.0 Å². The summed E-state index contributed by atoms with van der Waals surface area (Å²) in [7, 11) is 2.93. The zero-order valence-corrected chi connectivity index (χ0v) is 20.6. The summed E-state index contributed by atoms with van der Waals surface area (Å²) in [5.41, 5.74) is -0.633. The van der Waals surface area contributed by atoms with Crippen LogP contribution in [0.2, 0.25) is 0 Å². The van der Waals surface area contributed by atoms with Gasteiger partial charge in [0.05, 0.1) is 13.2 Å². The second-order valence-electron chi connectivity index (χ2n) is 8.47. The van der Waals surface area contributed by atoms with Crippen LogP contribution in [0.15, 0.2) is 53.5 Å². The summed E-state index contributed by atoms with van der Waals surface area (Å²) < 4.78 is 44.8. The molecular formula is C25H27F2N3O5S. The molecule has 2 amide bonds. The van der Waals surface area contributed by atoms with Crippen LogP contribution in [0.25, 0.3) is 0 Å². The number of hydrogen-bond acceptors (Lipinski definition) is 7. The summed E-state index contributed by atoms with van der Waals surface area (Å²) in [6.07, 6.45) is -1.14. The molecule has 0 aliphatic carbocycles. The molecule has 36 heavy (non-hydrogen) atoms. The molecule has 2 aromatic rings. The van der Waals surface area contributed by atoms with Gasteiger partial charge < -0.3 is 24.8 Å². The van der Waals surface area contributed by atoms with Gasteiger partial charge in [-0.2, -0.15) is 0 Å². The van der Waals surface area contributed by atoms with E-state index in [1.54, 1.807) is 30.3 Å². The fourth-order valence-electron chi connectivity index (χ4n) is 4.35. The number of nitrogens with one attached hydrogen (secondary N) is 2. The van der Waals surface area contributed by atoms with E-state index in [1.165, 1.54) is 32.0 Å². The van der Waals surface area contributed by atoms with Gasteiger partial charge in [-0.1, -0.05) is 36.0 Å². The van der Waals surface area contributed by atoms with Gasteiger partial charge in [-0.25, -0.2) is 13.8 Å². The zero-order chi connectivity index (χ0) is 25.7. The third-order valence-corrected chi connectivity index (χ3v) is 7.35. The Bertz CT molecular complexity index is 1130. The summed E-state index contributed by atoms with van der Waals surface area (Å²) in [6, 6.07) is 12.0. The number of halogens is 2. The van der Waals surface area contributed by atoms with Gasteiger partial charge in [0.1, 0.15) is 23.3 Å². The second kappa shape index (κ2) is 11.5. The van der Waals surface area contributed by atoms with E-state index in [2.05, 4.69) is 10.6 Å². The summed E-state index contributed by atoms with van der Waals surface area (Å²) >= 11 is 1.31. The summed E-state index contributed by atoms with van der Waals surface area (Å²) in [5.74, 6) is -2.05. The van der Waals surface area contributed by atoms with Crippen LogP contribution in [-0.4, -0.2) is 62.5 Å². The SMILES string of the molecule is COC(CNC(=O)C1CC2CSC(NC(=O)c3ccccc3)=NC2(c2ccc(F)cc2F)CO1)OC. The van der Waals surface area contributed by atoms with E-state index in [0.717, 1.165) is 12.1 Å². The molecule has 0 bridgehead atoms. The largest absolute Gasteiger partial charge is 0.365 e. The molecule has 1 saturated heterocycles. The number of carbonyl (C=O) groups excluding carboxylic acids is 2. The minimum absolute atomic E-state index is 0.123. The first-order chi connectivity index (χ1) is 17.4. The third kappa shape index (κ3) is 5.59. The maximum Gasteiger partial charge on any atom is 0.257 e. The molecular weight excluding hydrogens is 492 g/mol. The van der Waals surface area contributed by atoms with Gasteiger partial charge in [-0.15, -0.1) is 0 Å². The summed E-state index contributed by atoms with van der Waals surface area (Å²) in [4.78, 5) is 30.2. The Kier molecular flexibility index (Phi) is 8.35. The smallest absolute Gasteiger partial charge is 0.257 e. The molecule has 11 heteroatoms. The number of methoxy groups -OCH3 is 2. The Morgan fingerprint density at radius 1 is 1.19 bits per heavy atom. The van der Waals surface area contributed by atoms with Crippen LogP contribution in [0.1, 0.15) is 22.3 Å². The Morgan fingerprint density at radius 3 is 2.64 bits per heavy atom. The van der Waals surface area contributed by atoms with E-state index in [1.807, 2.05) is 0 Å². The second-order valence-corrected chi connectivity index (χ2v) is 9.48. The van der Waals surface area contributed by atoms with Crippen LogP contribution in [0.5, 0.6) is 0 Å². The number of fused-ring (bicyclic) bond motifs is 1. The molecule has 2 heterocycles. The van der Waals surface area contributed by atoms with E-state index < -0.39 is 29.6 Å². The molecule has 0 spiro atoms. The Hall–Kier alpha value is -2.86. The highest BCUT2D eigenvalue weighted by Gasteiger charge is 2.51. The number of nitrogens with zero attached hydrogens (tertiary/aromatic N) is 1. The molecule has 0 aromatic heterocycles. The molecule has 1 fully saturated rings. The van der Waals surface area contributed by atoms with Crippen molar-refractivity contribution in [2.45, 2.75) is 24.4 Å². The molecule has 192 valence electrons. The molecule has 2 aliphatic heterocycles. The van der Waals surface area contributed by atoms with Crippen LogP contribution >= 0.6 is 11.8 Å². The molecule has 4 rings (SSSR count). The monoisotopic (exact) mass is 519 g/mol. The van der Waals surface area contributed by atoms with Gasteiger partial charge in [0.2, 0.25) is 5.91 Å². The van der Waals surface area contributed by atoms with Gasteiger partial charge in [0, 0.05) is 43.1 Å². The number of amidine groups is 1. The number of hydrogen-bond donors (Lipinski definition) is 2. The molecule has 0 radical (unpaired) electrons. The van der Waals surface area contributed by atoms with Crippen LogP contribution in [0, 0.1) is 17.6 Å². The van der Waals surface area contributed by atoms with Crippen LogP contribution in [0.4, 0.5) is 8.78 Å². The average Bonchev–Trinajstić information content (AvgIpc) is 2.89. The highest BCUT2D eigenvalue weighted by molar-refractivity contribution is 8.13. The predicted molar refractivity (Wildman–Crippen MR) is 130 cm³/mol. The first kappa shape index (κ1) is 26.2. The highest BCUT2D eigenvalue weighted by atomic mass is 32.2. The minimum Gasteiger partial charge on any atom is -0.365 e. The average molecular weight is 520 g/mol. The maximum atomic E-state index is 15.0. The van der Waals surface area contributed by atoms with Gasteiger partial charge in [-0.05, 0) is 24.6 Å². The fourth-order valence-corrected chi connectivity index (χ4v) is 5.52. The lowest BCUT2D eigenvalue weighted by Gasteiger charge is -2.46. The van der Waals surface area contributed by atoms with Crippen molar-refractivity contribution in [3.05, 3.63) is 71.3 Å². The topological polar surface area (TPSA) is 98.3 Å². The van der Waals surface area contributed by atoms with Crippen molar-refractivity contribution in [1.82, 2.24) is 10.6 Å². The fraction of sp³-hybridized carbons (Fsp3) is 0.400. The van der Waals surface area contributed by atoms with Gasteiger partial charge in [-0.3, -0.25) is 9.59 Å².